The lowest BCUT2D eigenvalue weighted by atomic mass is 9.81. The third kappa shape index (κ3) is 3.36. The number of carbonyl (C=O) groups is 2. The zero-order valence-corrected chi connectivity index (χ0v) is 18.1. The summed E-state index contributed by atoms with van der Waals surface area (Å²) >= 11 is 0. The van der Waals surface area contributed by atoms with E-state index in [1.165, 1.54) is 0 Å². The molecule has 0 aliphatic heterocycles. The summed E-state index contributed by atoms with van der Waals surface area (Å²) in [6, 6.07) is 4.91. The number of rotatable bonds is 2. The van der Waals surface area contributed by atoms with Crippen molar-refractivity contribution >= 4 is 11.6 Å². The fraction of sp³-hybridized carbons (Fsp3) is 0. The number of Topliss-reactive ketones (excluding diaryl/α,β-unsaturated/α-hetero) is 2. The summed E-state index contributed by atoms with van der Waals surface area (Å²) in [5.74, 6) is -24.9. The molecule has 1 aliphatic carbocycles. The lowest BCUT2D eigenvalue weighted by Crippen LogP contribution is -2.21. The maximum atomic E-state index is 14.4. The molecule has 0 radical (unpaired) electrons. The fourth-order valence-electron chi connectivity index (χ4n) is 4.20. The second-order valence-electron chi connectivity index (χ2n) is 8.07. The molecule has 2 nitrogen and oxygen atoms in total. The standard InChI is InChI=1S/C26H6F10O2/c27-15-13(16(28)20(32)23(35)19(15)31)7-1-3-9-11(5-7)12-6-8(2-4-10(12)26(38)25(9)37)14-17(29)21(33)24(36)22(34)18(14)30/h1-6H. The molecule has 5 rings (SSSR count). The largest absolute Gasteiger partial charge is 0.285 e. The van der Waals surface area contributed by atoms with Crippen LogP contribution in [0.15, 0.2) is 36.4 Å². The van der Waals surface area contributed by atoms with Gasteiger partial charge < -0.3 is 0 Å². The highest BCUT2D eigenvalue weighted by Gasteiger charge is 2.34. The average molecular weight is 540 g/mol. The van der Waals surface area contributed by atoms with Crippen LogP contribution in [0.1, 0.15) is 20.7 Å². The van der Waals surface area contributed by atoms with E-state index >= 15 is 0 Å². The van der Waals surface area contributed by atoms with E-state index in [9.17, 15) is 53.5 Å². The first-order valence-corrected chi connectivity index (χ1v) is 10.3. The molecule has 0 saturated carbocycles. The molecule has 1 aliphatic rings. The molecule has 0 aromatic heterocycles. The van der Waals surface area contributed by atoms with Crippen LogP contribution in [0.3, 0.4) is 0 Å². The Balaban J connectivity index is 1.80. The van der Waals surface area contributed by atoms with E-state index < -0.39 is 103 Å². The van der Waals surface area contributed by atoms with Gasteiger partial charge in [0.25, 0.3) is 0 Å². The topological polar surface area (TPSA) is 34.1 Å². The van der Waals surface area contributed by atoms with Crippen molar-refractivity contribution in [3.63, 3.8) is 0 Å². The molecule has 0 bridgehead atoms. The van der Waals surface area contributed by atoms with Crippen molar-refractivity contribution in [2.75, 3.05) is 0 Å². The first-order chi connectivity index (χ1) is 17.9. The minimum absolute atomic E-state index is 0.336. The number of benzene rings is 4. The van der Waals surface area contributed by atoms with Crippen LogP contribution >= 0.6 is 0 Å². The Kier molecular flexibility index (Phi) is 5.66. The van der Waals surface area contributed by atoms with Gasteiger partial charge in [-0.3, -0.25) is 9.59 Å². The molecule has 0 spiro atoms. The van der Waals surface area contributed by atoms with Crippen molar-refractivity contribution in [1.29, 1.82) is 0 Å². The van der Waals surface area contributed by atoms with Gasteiger partial charge in [-0.05, 0) is 46.5 Å². The molecule has 0 atom stereocenters. The third-order valence-electron chi connectivity index (χ3n) is 6.02. The van der Waals surface area contributed by atoms with E-state index in [2.05, 4.69) is 0 Å². The van der Waals surface area contributed by atoms with Crippen LogP contribution in [0.5, 0.6) is 0 Å². The maximum Gasteiger partial charge on any atom is 0.234 e. The molecule has 38 heavy (non-hydrogen) atoms. The summed E-state index contributed by atoms with van der Waals surface area (Å²) in [4.78, 5) is 25.2. The predicted octanol–water partition coefficient (Wildman–Crippen LogP) is 7.46. The summed E-state index contributed by atoms with van der Waals surface area (Å²) in [7, 11) is 0. The van der Waals surface area contributed by atoms with Gasteiger partial charge in [0.1, 0.15) is 0 Å². The molecular weight excluding hydrogens is 534 g/mol. The van der Waals surface area contributed by atoms with E-state index in [1.54, 1.807) is 0 Å². The lowest BCUT2D eigenvalue weighted by molar-refractivity contribution is 0.0815. The highest BCUT2D eigenvalue weighted by molar-refractivity contribution is 6.53. The molecule has 4 aromatic carbocycles. The van der Waals surface area contributed by atoms with Gasteiger partial charge in [0.2, 0.25) is 23.2 Å². The highest BCUT2D eigenvalue weighted by atomic mass is 19.2. The summed E-state index contributed by atoms with van der Waals surface area (Å²) in [5, 5.41) is 0. The van der Waals surface area contributed by atoms with Crippen LogP contribution in [0.2, 0.25) is 0 Å². The average Bonchev–Trinajstić information content (AvgIpc) is 2.91. The van der Waals surface area contributed by atoms with Crippen molar-refractivity contribution in [2.45, 2.75) is 0 Å². The summed E-state index contributed by atoms with van der Waals surface area (Å²) in [5.41, 5.74) is -5.50. The number of hydrogen-bond acceptors (Lipinski definition) is 2. The fourth-order valence-corrected chi connectivity index (χ4v) is 4.20. The van der Waals surface area contributed by atoms with Gasteiger partial charge >= 0.3 is 0 Å². The second-order valence-corrected chi connectivity index (χ2v) is 8.07. The van der Waals surface area contributed by atoms with Gasteiger partial charge in [0.15, 0.2) is 46.5 Å². The highest BCUT2D eigenvalue weighted by Crippen LogP contribution is 2.41. The lowest BCUT2D eigenvalue weighted by Gasteiger charge is -2.20. The molecule has 192 valence electrons. The predicted molar refractivity (Wildman–Crippen MR) is 111 cm³/mol. The Morgan fingerprint density at radius 2 is 0.605 bits per heavy atom. The number of fused-ring (bicyclic) bond motifs is 3. The van der Waals surface area contributed by atoms with Crippen molar-refractivity contribution in [3.8, 4) is 33.4 Å². The zero-order chi connectivity index (χ0) is 27.8. The van der Waals surface area contributed by atoms with Crippen molar-refractivity contribution in [2.24, 2.45) is 0 Å². The van der Waals surface area contributed by atoms with E-state index in [-0.39, 0.29) is 11.1 Å². The Morgan fingerprint density at radius 3 is 0.895 bits per heavy atom. The molecule has 12 heteroatoms. The zero-order valence-electron chi connectivity index (χ0n) is 18.1. The number of carbonyl (C=O) groups excluding carboxylic acids is 2. The second kappa shape index (κ2) is 8.54. The summed E-state index contributed by atoms with van der Waals surface area (Å²) in [6.07, 6.45) is 0. The Morgan fingerprint density at radius 1 is 0.342 bits per heavy atom. The first-order valence-electron chi connectivity index (χ1n) is 10.3. The number of ketones is 2. The van der Waals surface area contributed by atoms with E-state index in [0.717, 1.165) is 36.4 Å². The van der Waals surface area contributed by atoms with E-state index in [0.29, 0.717) is 0 Å². The quantitative estimate of drug-likeness (QED) is 0.115. The molecule has 0 amide bonds. The van der Waals surface area contributed by atoms with Gasteiger partial charge in [-0.1, -0.05) is 12.1 Å². The van der Waals surface area contributed by atoms with Crippen LogP contribution < -0.4 is 0 Å². The van der Waals surface area contributed by atoms with Crippen molar-refractivity contribution in [1.82, 2.24) is 0 Å². The number of hydrogen-bond donors (Lipinski definition) is 0. The molecule has 0 saturated heterocycles. The molecule has 0 heterocycles. The van der Waals surface area contributed by atoms with Gasteiger partial charge in [-0.15, -0.1) is 0 Å². The van der Waals surface area contributed by atoms with Gasteiger partial charge in [-0.25, -0.2) is 43.9 Å². The Bertz CT molecular complexity index is 1570. The van der Waals surface area contributed by atoms with Gasteiger partial charge in [0.05, 0.1) is 11.1 Å². The van der Waals surface area contributed by atoms with Crippen molar-refractivity contribution < 1.29 is 53.5 Å². The third-order valence-corrected chi connectivity index (χ3v) is 6.02. The van der Waals surface area contributed by atoms with Crippen LogP contribution in [0.25, 0.3) is 33.4 Å². The molecule has 0 N–H and O–H groups in total. The van der Waals surface area contributed by atoms with Gasteiger partial charge in [-0.2, -0.15) is 0 Å². The smallest absolute Gasteiger partial charge is 0.234 e. The van der Waals surface area contributed by atoms with Crippen LogP contribution in [-0.2, 0) is 0 Å². The van der Waals surface area contributed by atoms with Crippen molar-refractivity contribution in [3.05, 3.63) is 106 Å². The Hall–Kier alpha value is -4.48. The monoisotopic (exact) mass is 540 g/mol. The normalized spacial score (nSPS) is 12.6. The first kappa shape index (κ1) is 25.2. The Labute approximate surface area is 204 Å². The summed E-state index contributed by atoms with van der Waals surface area (Å²) in [6.45, 7) is 0. The van der Waals surface area contributed by atoms with Crippen LogP contribution in [-0.4, -0.2) is 11.6 Å². The minimum atomic E-state index is -2.42. The number of halogens is 10. The summed E-state index contributed by atoms with van der Waals surface area (Å²) < 4.78 is 140. The van der Waals surface area contributed by atoms with E-state index in [1.807, 2.05) is 0 Å². The molecule has 0 unspecified atom stereocenters. The minimum Gasteiger partial charge on any atom is -0.285 e. The molecular formula is C26H6F10O2. The van der Waals surface area contributed by atoms with Crippen LogP contribution in [0, 0.1) is 58.2 Å². The molecule has 0 fully saturated rings. The maximum absolute atomic E-state index is 14.4. The van der Waals surface area contributed by atoms with E-state index in [4.69, 9.17) is 0 Å². The van der Waals surface area contributed by atoms with Crippen LogP contribution in [0.4, 0.5) is 43.9 Å². The van der Waals surface area contributed by atoms with Gasteiger partial charge in [0, 0.05) is 11.1 Å². The SMILES string of the molecule is O=C1C(=O)c2ccc(-c3c(F)c(F)c(F)c(F)c3F)cc2-c2cc(-c3c(F)c(F)c(F)c(F)c3F)ccc21. The molecule has 4 aromatic rings.